The lowest BCUT2D eigenvalue weighted by atomic mass is 10.1. The Kier molecular flexibility index (Phi) is 7.92. The zero-order valence-corrected chi connectivity index (χ0v) is 22.4. The van der Waals surface area contributed by atoms with Crippen LogP contribution in [0.25, 0.3) is 0 Å². The highest BCUT2D eigenvalue weighted by Crippen LogP contribution is 2.45. The average molecular weight is 574 g/mol. The summed E-state index contributed by atoms with van der Waals surface area (Å²) in [7, 11) is 1.57. The van der Waals surface area contributed by atoms with Gasteiger partial charge in [0.25, 0.3) is 5.88 Å². The summed E-state index contributed by atoms with van der Waals surface area (Å²) in [5, 5.41) is 3.81. The van der Waals surface area contributed by atoms with E-state index in [1.54, 1.807) is 19.2 Å². The van der Waals surface area contributed by atoms with Crippen LogP contribution in [-0.4, -0.2) is 61.4 Å². The van der Waals surface area contributed by atoms with Crippen molar-refractivity contribution in [2.24, 2.45) is 0 Å². The van der Waals surface area contributed by atoms with Gasteiger partial charge in [-0.25, -0.2) is 4.98 Å². The van der Waals surface area contributed by atoms with Gasteiger partial charge in [-0.15, -0.1) is 0 Å². The number of anilines is 3. The number of morpholine rings is 1. The van der Waals surface area contributed by atoms with Crippen molar-refractivity contribution in [3.05, 3.63) is 52.3 Å². The van der Waals surface area contributed by atoms with E-state index in [0.29, 0.717) is 40.4 Å². The lowest BCUT2D eigenvalue weighted by Gasteiger charge is -2.26. The fraction of sp³-hybridized carbons (Fsp3) is 0.385. The van der Waals surface area contributed by atoms with E-state index >= 15 is 4.48 Å². The summed E-state index contributed by atoms with van der Waals surface area (Å²) in [6.07, 6.45) is 2.20. The van der Waals surface area contributed by atoms with Gasteiger partial charge in [0.05, 0.1) is 33.5 Å². The van der Waals surface area contributed by atoms with E-state index in [-0.39, 0.29) is 18.1 Å². The van der Waals surface area contributed by atoms with Gasteiger partial charge in [-0.1, -0.05) is 26.5 Å². The number of rotatable bonds is 8. The zero-order chi connectivity index (χ0) is 25.8. The lowest BCUT2D eigenvalue weighted by Crippen LogP contribution is -2.37. The molecule has 0 saturated carbocycles. The summed E-state index contributed by atoms with van der Waals surface area (Å²) in [4.78, 5) is 10.9. The number of methoxy groups -OCH3 is 1. The third-order valence-electron chi connectivity index (χ3n) is 6.33. The SMILES string of the molecule is COc1cc2c(cc1OCCCN1CCOCC1)CN(F)c1c(Nc3cc(Br)ccc3C)ncnc1O2. The molecule has 0 amide bonds. The summed E-state index contributed by atoms with van der Waals surface area (Å²) >= 11 is 3.48. The summed E-state index contributed by atoms with van der Waals surface area (Å²) in [5.41, 5.74) is 2.50. The second-order valence-corrected chi connectivity index (χ2v) is 9.77. The van der Waals surface area contributed by atoms with E-state index in [0.717, 1.165) is 55.0 Å². The van der Waals surface area contributed by atoms with Crippen LogP contribution in [0.15, 0.2) is 41.1 Å². The molecule has 1 fully saturated rings. The molecule has 11 heteroatoms. The highest BCUT2D eigenvalue weighted by atomic mass is 79.9. The maximum Gasteiger partial charge on any atom is 0.251 e. The van der Waals surface area contributed by atoms with E-state index in [4.69, 9.17) is 18.9 Å². The quantitative estimate of drug-likeness (QED) is 0.281. The van der Waals surface area contributed by atoms with Crippen LogP contribution in [0.1, 0.15) is 17.5 Å². The molecule has 5 rings (SSSR count). The van der Waals surface area contributed by atoms with Crippen LogP contribution in [0.4, 0.5) is 21.7 Å². The number of aromatic nitrogens is 2. The number of halogens is 2. The van der Waals surface area contributed by atoms with Gasteiger partial charge in [-0.05, 0) is 37.1 Å². The topological polar surface area (TPSA) is 81.2 Å². The van der Waals surface area contributed by atoms with Gasteiger partial charge in [0.2, 0.25) is 0 Å². The molecule has 37 heavy (non-hydrogen) atoms. The summed E-state index contributed by atoms with van der Waals surface area (Å²) in [6, 6.07) is 9.29. The molecule has 1 aromatic heterocycles. The molecule has 1 saturated heterocycles. The number of fused-ring (bicyclic) bond motifs is 2. The van der Waals surface area contributed by atoms with Crippen LogP contribution in [0.2, 0.25) is 0 Å². The highest BCUT2D eigenvalue weighted by Gasteiger charge is 2.28. The van der Waals surface area contributed by atoms with E-state index in [9.17, 15) is 0 Å². The summed E-state index contributed by atoms with van der Waals surface area (Å²) < 4.78 is 39.6. The number of ether oxygens (including phenoxy) is 4. The molecule has 0 bridgehead atoms. The van der Waals surface area contributed by atoms with Crippen molar-refractivity contribution in [2.45, 2.75) is 19.9 Å². The van der Waals surface area contributed by atoms with Gasteiger partial charge in [-0.3, -0.25) is 4.90 Å². The van der Waals surface area contributed by atoms with Crippen molar-refractivity contribution in [1.82, 2.24) is 14.9 Å². The first kappa shape index (κ1) is 25.5. The van der Waals surface area contributed by atoms with Gasteiger partial charge in [0.1, 0.15) is 12.1 Å². The smallest absolute Gasteiger partial charge is 0.251 e. The van der Waals surface area contributed by atoms with Gasteiger partial charge >= 0.3 is 0 Å². The third-order valence-corrected chi connectivity index (χ3v) is 6.82. The van der Waals surface area contributed by atoms with E-state index in [2.05, 4.69) is 36.1 Å². The van der Waals surface area contributed by atoms with Crippen molar-refractivity contribution in [1.29, 1.82) is 0 Å². The average Bonchev–Trinajstić information content (AvgIpc) is 3.04. The lowest BCUT2D eigenvalue weighted by molar-refractivity contribution is 0.0357. The van der Waals surface area contributed by atoms with E-state index in [1.807, 2.05) is 25.1 Å². The van der Waals surface area contributed by atoms with Crippen molar-refractivity contribution < 1.29 is 23.4 Å². The Morgan fingerprint density at radius 3 is 2.78 bits per heavy atom. The molecule has 0 atom stereocenters. The van der Waals surface area contributed by atoms with Crippen LogP contribution in [-0.2, 0) is 11.3 Å². The first-order valence-corrected chi connectivity index (χ1v) is 12.9. The number of nitrogens with one attached hydrogen (secondary N) is 1. The van der Waals surface area contributed by atoms with Gasteiger partial charge in [-0.2, -0.15) is 10.1 Å². The standard InChI is InChI=1S/C26H29BrFN5O4/c1-17-4-5-19(27)13-20(17)31-25-24-26(30-16-29-25)37-21-14-22(34-2)23(12-18(21)15-33(24)28)36-9-3-6-32-7-10-35-11-8-32/h4-5,12-14,16H,3,6-11,15H2,1-2H3,(H,29,30,31). The molecule has 2 aliphatic heterocycles. The predicted molar refractivity (Wildman–Crippen MR) is 142 cm³/mol. The molecule has 1 N–H and O–H groups in total. The minimum atomic E-state index is -0.0734. The number of nitrogens with zero attached hydrogens (tertiary/aromatic N) is 4. The molecule has 0 unspecified atom stereocenters. The van der Waals surface area contributed by atoms with E-state index in [1.165, 1.54) is 6.33 Å². The third kappa shape index (κ3) is 5.89. The second kappa shape index (κ2) is 11.5. The summed E-state index contributed by atoms with van der Waals surface area (Å²) in [5.74, 6) is 1.90. The Labute approximate surface area is 223 Å². The second-order valence-electron chi connectivity index (χ2n) is 8.85. The van der Waals surface area contributed by atoms with Crippen LogP contribution in [0.5, 0.6) is 23.1 Å². The molecule has 3 aromatic rings. The minimum absolute atomic E-state index is 0.0734. The Hall–Kier alpha value is -3.15. The Morgan fingerprint density at radius 2 is 1.97 bits per heavy atom. The van der Waals surface area contributed by atoms with Gasteiger partial charge in [0.15, 0.2) is 23.0 Å². The number of aryl methyl sites for hydroxylation is 1. The normalized spacial score (nSPS) is 15.3. The Morgan fingerprint density at radius 1 is 1.14 bits per heavy atom. The molecular formula is C26H29BrFN5O4. The fourth-order valence-corrected chi connectivity index (χ4v) is 4.67. The highest BCUT2D eigenvalue weighted by molar-refractivity contribution is 9.10. The van der Waals surface area contributed by atoms with Gasteiger partial charge < -0.3 is 24.3 Å². The van der Waals surface area contributed by atoms with Crippen molar-refractivity contribution in [3.63, 3.8) is 0 Å². The zero-order valence-electron chi connectivity index (χ0n) is 20.8. The molecule has 0 aliphatic carbocycles. The molecule has 0 radical (unpaired) electrons. The van der Waals surface area contributed by atoms with Crippen LogP contribution in [0.3, 0.4) is 0 Å². The first-order chi connectivity index (χ1) is 18.0. The van der Waals surface area contributed by atoms with E-state index < -0.39 is 0 Å². The molecule has 3 heterocycles. The number of benzene rings is 2. The maximum absolute atomic E-state index is 15.6. The molecular weight excluding hydrogens is 545 g/mol. The number of hydrogen-bond donors (Lipinski definition) is 1. The van der Waals surface area contributed by atoms with Crippen molar-refractivity contribution in [2.75, 3.05) is 57.0 Å². The predicted octanol–water partition coefficient (Wildman–Crippen LogP) is 5.40. The maximum atomic E-state index is 15.6. The monoisotopic (exact) mass is 573 g/mol. The van der Waals surface area contributed by atoms with Crippen molar-refractivity contribution in [3.8, 4) is 23.1 Å². The van der Waals surface area contributed by atoms with Crippen LogP contribution in [0, 0.1) is 6.92 Å². The molecule has 9 nitrogen and oxygen atoms in total. The largest absolute Gasteiger partial charge is 0.493 e. The fourth-order valence-electron chi connectivity index (χ4n) is 4.31. The number of hydrogen-bond acceptors (Lipinski definition) is 9. The van der Waals surface area contributed by atoms with Crippen LogP contribution < -0.4 is 24.6 Å². The Bertz CT molecular complexity index is 1260. The summed E-state index contributed by atoms with van der Waals surface area (Å²) in [6.45, 7) is 6.74. The molecule has 0 spiro atoms. The molecule has 2 aliphatic rings. The molecule has 196 valence electrons. The minimum Gasteiger partial charge on any atom is -0.493 e. The van der Waals surface area contributed by atoms with Crippen LogP contribution >= 0.6 is 15.9 Å². The first-order valence-electron chi connectivity index (χ1n) is 12.1. The van der Waals surface area contributed by atoms with Gasteiger partial charge in [0, 0.05) is 41.4 Å². The Balaban J connectivity index is 1.34. The van der Waals surface area contributed by atoms with Crippen molar-refractivity contribution >= 4 is 33.1 Å². The molecule has 2 aromatic carbocycles.